The third kappa shape index (κ3) is 4.96. The Kier molecular flexibility index (Phi) is 8.31. The highest BCUT2D eigenvalue weighted by atomic mass is 32.2. The molecule has 0 bridgehead atoms. The number of Topliss-reactive ketones (excluding diaryl/α,β-unsaturated/α-hetero) is 2. The van der Waals surface area contributed by atoms with E-state index in [1.54, 1.807) is 0 Å². The molecule has 1 amide bonds. The zero-order valence-corrected chi connectivity index (χ0v) is 25.5. The van der Waals surface area contributed by atoms with E-state index in [9.17, 15) is 43.2 Å². The summed E-state index contributed by atoms with van der Waals surface area (Å²) in [5.41, 5.74) is 2.52. The third-order valence-corrected chi connectivity index (χ3v) is 10.1. The van der Waals surface area contributed by atoms with Crippen molar-refractivity contribution in [2.24, 2.45) is 17.6 Å². The Morgan fingerprint density at radius 3 is 2.55 bits per heavy atom. The predicted molar refractivity (Wildman–Crippen MR) is 157 cm³/mol. The van der Waals surface area contributed by atoms with E-state index in [0.717, 1.165) is 37.8 Å². The molecule has 1 aliphatic heterocycles. The molecule has 14 nitrogen and oxygen atoms in total. The second-order valence-corrected chi connectivity index (χ2v) is 13.6. The minimum absolute atomic E-state index is 0.0275. The topological polar surface area (TPSA) is 229 Å². The van der Waals surface area contributed by atoms with Crippen LogP contribution < -0.4 is 20.5 Å². The number of carbonyl (C=O) groups is 3. The first-order chi connectivity index (χ1) is 20.7. The molecule has 15 heteroatoms. The van der Waals surface area contributed by atoms with Gasteiger partial charge in [-0.2, -0.15) is 0 Å². The zero-order chi connectivity index (χ0) is 32.3. The molecule has 1 aromatic rings. The van der Waals surface area contributed by atoms with Crippen molar-refractivity contribution in [3.63, 3.8) is 0 Å². The summed E-state index contributed by atoms with van der Waals surface area (Å²) in [6.45, 7) is 3.42. The molecule has 3 aliphatic carbocycles. The summed E-state index contributed by atoms with van der Waals surface area (Å²) in [7, 11) is -2.08. The Labute approximate surface area is 254 Å². The van der Waals surface area contributed by atoms with Gasteiger partial charge >= 0.3 is 0 Å². The molecular formula is C29H38N4O10S. The van der Waals surface area contributed by atoms with E-state index in [0.29, 0.717) is 11.3 Å². The third-order valence-electron chi connectivity index (χ3n) is 9.36. The smallest absolute Gasteiger partial charge is 0.255 e. The number of ether oxygens (including phenoxy) is 1. The first-order valence-corrected chi connectivity index (χ1v) is 16.4. The second kappa shape index (κ2) is 11.5. The predicted octanol–water partition coefficient (Wildman–Crippen LogP) is -0.293. The number of phenols is 1. The van der Waals surface area contributed by atoms with Gasteiger partial charge in [0.2, 0.25) is 15.8 Å². The number of likely N-dealkylation sites (tertiary alicyclic amines) is 1. The van der Waals surface area contributed by atoms with Crippen molar-refractivity contribution >= 4 is 33.3 Å². The monoisotopic (exact) mass is 634 g/mol. The molecule has 5 rings (SSSR count). The van der Waals surface area contributed by atoms with Crippen LogP contribution in [-0.4, -0.2) is 102 Å². The highest BCUT2D eigenvalue weighted by Crippen LogP contribution is 2.54. The number of rotatable bonds is 9. The van der Waals surface area contributed by atoms with E-state index in [-0.39, 0.29) is 48.9 Å². The fraction of sp³-hybridized carbons (Fsp3) is 0.552. The van der Waals surface area contributed by atoms with Gasteiger partial charge in [-0.25, -0.2) is 13.1 Å². The maximum absolute atomic E-state index is 14.1. The van der Waals surface area contributed by atoms with E-state index in [2.05, 4.69) is 14.9 Å². The summed E-state index contributed by atoms with van der Waals surface area (Å²) in [6.07, 6.45) is 2.73. The highest BCUT2D eigenvalue weighted by molar-refractivity contribution is 7.88. The maximum Gasteiger partial charge on any atom is 0.255 e. The van der Waals surface area contributed by atoms with Crippen LogP contribution >= 0.6 is 0 Å². The fourth-order valence-corrected chi connectivity index (χ4v) is 7.97. The van der Waals surface area contributed by atoms with Crippen molar-refractivity contribution in [3.8, 4) is 11.5 Å². The van der Waals surface area contributed by atoms with E-state index >= 15 is 0 Å². The molecule has 0 aromatic heterocycles. The summed E-state index contributed by atoms with van der Waals surface area (Å²) in [5.74, 6) is -7.18. The van der Waals surface area contributed by atoms with Gasteiger partial charge in [-0.15, -0.1) is 0 Å². The number of nitrogens with one attached hydrogen (secondary N) is 2. The average Bonchev–Trinajstić information content (AvgIpc) is 3.42. The van der Waals surface area contributed by atoms with Crippen LogP contribution in [0.1, 0.15) is 48.9 Å². The standard InChI is InChI=1S/C29H38N4O10S/c1-4-33-9-5-6-17(33)14-12-18(34)20-15(25(14)43-2)10-13-11-16-22(31-7-8-32-44(3,41)42)24(36)21(28(30)39)27(38)29(16,40)26(37)19(13)23(20)35/h12-13,16-17,22,31-32,34-35,38,40H,4-11H2,1-3H3,(H2,30,39)/t13-,16-,17-,22-,29-/m0/s1. The summed E-state index contributed by atoms with van der Waals surface area (Å²) in [5, 5.41) is 48.4. The lowest BCUT2D eigenvalue weighted by Crippen LogP contribution is -2.66. The van der Waals surface area contributed by atoms with Crippen LogP contribution in [0, 0.1) is 11.8 Å². The summed E-state index contributed by atoms with van der Waals surface area (Å²) in [6, 6.07) is 0.0769. The normalized spacial score (nSPS) is 29.0. The van der Waals surface area contributed by atoms with Crippen LogP contribution in [-0.2, 0) is 30.8 Å². The molecule has 1 saturated heterocycles. The zero-order valence-electron chi connectivity index (χ0n) is 24.7. The molecule has 4 aliphatic rings. The summed E-state index contributed by atoms with van der Waals surface area (Å²) in [4.78, 5) is 42.0. The minimum Gasteiger partial charge on any atom is -0.508 e. The molecule has 1 saturated carbocycles. The van der Waals surface area contributed by atoms with Crippen molar-refractivity contribution in [1.82, 2.24) is 14.9 Å². The van der Waals surface area contributed by atoms with Crippen LogP contribution in [0.25, 0.3) is 5.76 Å². The Morgan fingerprint density at radius 1 is 1.23 bits per heavy atom. The number of hydrogen-bond donors (Lipinski definition) is 7. The summed E-state index contributed by atoms with van der Waals surface area (Å²) >= 11 is 0. The van der Waals surface area contributed by atoms with Crippen LogP contribution in [0.4, 0.5) is 0 Å². The lowest BCUT2D eigenvalue weighted by molar-refractivity contribution is -0.150. The maximum atomic E-state index is 14.1. The molecule has 240 valence electrons. The van der Waals surface area contributed by atoms with Gasteiger partial charge < -0.3 is 36.2 Å². The number of phenolic OH excluding ortho intramolecular Hbond substituents is 1. The first-order valence-electron chi connectivity index (χ1n) is 14.5. The number of aliphatic hydroxyl groups is 3. The molecule has 0 spiro atoms. The number of nitrogens with zero attached hydrogens (tertiary/aromatic N) is 1. The lowest BCUT2D eigenvalue weighted by atomic mass is 9.57. The van der Waals surface area contributed by atoms with Crippen molar-refractivity contribution < 1.29 is 48.0 Å². The number of carbonyl (C=O) groups excluding carboxylic acids is 3. The quantitative estimate of drug-likeness (QED) is 0.137. The number of aromatic hydroxyl groups is 1. The lowest BCUT2D eigenvalue weighted by Gasteiger charge is -2.49. The Morgan fingerprint density at radius 2 is 1.93 bits per heavy atom. The molecular weight excluding hydrogens is 596 g/mol. The van der Waals surface area contributed by atoms with Crippen LogP contribution in [0.2, 0.25) is 0 Å². The SMILES string of the molecule is CCN1CCC[C@H]1c1cc(O)c2c(c1OC)C[C@H]1C[C@H]3[C@H](NCCNS(C)(=O)=O)C(=O)C(C(N)=O)=C(O)[C@@]3(O)C(=O)C1=C2O. The van der Waals surface area contributed by atoms with Gasteiger partial charge in [0.25, 0.3) is 5.91 Å². The van der Waals surface area contributed by atoms with E-state index in [1.165, 1.54) is 13.2 Å². The van der Waals surface area contributed by atoms with Crippen molar-refractivity contribution in [2.45, 2.75) is 50.3 Å². The van der Waals surface area contributed by atoms with Gasteiger partial charge in [0.15, 0.2) is 11.4 Å². The van der Waals surface area contributed by atoms with Gasteiger partial charge in [0, 0.05) is 41.7 Å². The molecule has 0 radical (unpaired) electrons. The summed E-state index contributed by atoms with van der Waals surface area (Å²) < 4.78 is 31.1. The number of nitrogens with two attached hydrogens (primary N) is 1. The minimum atomic E-state index is -3.56. The van der Waals surface area contributed by atoms with Crippen LogP contribution in [0.3, 0.4) is 0 Å². The van der Waals surface area contributed by atoms with E-state index < -0.39 is 68.1 Å². The molecule has 44 heavy (non-hydrogen) atoms. The van der Waals surface area contributed by atoms with Crippen molar-refractivity contribution in [3.05, 3.63) is 39.7 Å². The van der Waals surface area contributed by atoms with Crippen LogP contribution in [0.5, 0.6) is 11.5 Å². The first kappa shape index (κ1) is 31.9. The second-order valence-electron chi connectivity index (χ2n) is 11.8. The number of hydrogen-bond acceptors (Lipinski definition) is 12. The van der Waals surface area contributed by atoms with Crippen molar-refractivity contribution in [2.75, 3.05) is 39.5 Å². The van der Waals surface area contributed by atoms with Crippen molar-refractivity contribution in [1.29, 1.82) is 0 Å². The van der Waals surface area contributed by atoms with Gasteiger partial charge in [-0.1, -0.05) is 6.92 Å². The largest absolute Gasteiger partial charge is 0.508 e. The van der Waals surface area contributed by atoms with Crippen LogP contribution in [0.15, 0.2) is 23.0 Å². The Bertz CT molecular complexity index is 1600. The molecule has 8 N–H and O–H groups in total. The number of primary amides is 1. The van der Waals surface area contributed by atoms with E-state index in [4.69, 9.17) is 10.5 Å². The molecule has 0 unspecified atom stereocenters. The van der Waals surface area contributed by atoms with Gasteiger partial charge in [-0.05, 0) is 50.8 Å². The molecule has 2 fully saturated rings. The Balaban J connectivity index is 1.62. The number of amides is 1. The molecule has 1 heterocycles. The number of ketones is 2. The number of sulfonamides is 1. The Hall–Kier alpha value is -3.50. The fourth-order valence-electron chi connectivity index (χ4n) is 7.50. The molecule has 5 atom stereocenters. The number of fused-ring (bicyclic) bond motifs is 3. The highest BCUT2D eigenvalue weighted by Gasteiger charge is 2.63. The average molecular weight is 635 g/mol. The van der Waals surface area contributed by atoms with E-state index in [1.807, 2.05) is 6.92 Å². The molecule has 1 aromatic carbocycles. The van der Waals surface area contributed by atoms with Gasteiger partial charge in [0.1, 0.15) is 28.6 Å². The number of methoxy groups -OCH3 is 1. The van der Waals surface area contributed by atoms with Gasteiger partial charge in [-0.3, -0.25) is 19.3 Å². The van der Waals surface area contributed by atoms with Gasteiger partial charge in [0.05, 0.1) is 25.0 Å². The number of benzene rings is 1. The number of aliphatic hydroxyl groups excluding tert-OH is 2.